The van der Waals surface area contributed by atoms with Gasteiger partial charge in [0.1, 0.15) is 0 Å². The van der Waals surface area contributed by atoms with E-state index in [4.69, 9.17) is 16.3 Å². The molecule has 1 aromatic carbocycles. The first-order chi connectivity index (χ1) is 15.2. The van der Waals surface area contributed by atoms with Crippen molar-refractivity contribution in [1.29, 1.82) is 0 Å². The van der Waals surface area contributed by atoms with Crippen molar-refractivity contribution in [1.82, 2.24) is 14.8 Å². The van der Waals surface area contributed by atoms with Gasteiger partial charge in [0.15, 0.2) is 15.7 Å². The highest BCUT2D eigenvalue weighted by Gasteiger charge is 2.18. The Morgan fingerprint density at radius 3 is 2.75 bits per heavy atom. The summed E-state index contributed by atoms with van der Waals surface area (Å²) in [4.78, 5) is 19.3. The summed E-state index contributed by atoms with van der Waals surface area (Å²) in [5.74, 6) is 0.119. The van der Waals surface area contributed by atoms with Gasteiger partial charge in [-0.15, -0.1) is 0 Å². The van der Waals surface area contributed by atoms with Crippen molar-refractivity contribution >= 4 is 38.7 Å². The summed E-state index contributed by atoms with van der Waals surface area (Å²) in [6.45, 7) is 4.33. The van der Waals surface area contributed by atoms with Gasteiger partial charge in [-0.3, -0.25) is 4.79 Å². The lowest BCUT2D eigenvalue weighted by molar-refractivity contribution is 0.0532. The third-order valence-corrected chi connectivity index (χ3v) is 6.29. The monoisotopic (exact) mass is 475 g/mol. The van der Waals surface area contributed by atoms with Crippen molar-refractivity contribution in [3.8, 4) is 5.82 Å². The van der Waals surface area contributed by atoms with Crippen LogP contribution in [-0.2, 0) is 14.6 Å². The molecule has 9 nitrogen and oxygen atoms in total. The molecule has 2 aromatic heterocycles. The normalized spacial score (nSPS) is 16.7. The average molecular weight is 476 g/mol. The van der Waals surface area contributed by atoms with Crippen molar-refractivity contribution in [2.45, 2.75) is 17.9 Å². The zero-order valence-electron chi connectivity index (χ0n) is 17.5. The Morgan fingerprint density at radius 2 is 2.06 bits per heavy atom. The van der Waals surface area contributed by atoms with Crippen molar-refractivity contribution < 1.29 is 17.9 Å². The Bertz CT molecular complexity index is 1240. The van der Waals surface area contributed by atoms with Gasteiger partial charge in [0.2, 0.25) is 0 Å². The van der Waals surface area contributed by atoms with E-state index in [1.165, 1.54) is 29.1 Å². The Balaban J connectivity index is 1.48. The molecule has 0 radical (unpaired) electrons. The topological polar surface area (TPSA) is 106 Å². The number of benzene rings is 1. The van der Waals surface area contributed by atoms with E-state index >= 15 is 0 Å². The third-order valence-electron chi connectivity index (χ3n) is 4.98. The van der Waals surface area contributed by atoms with Crippen LogP contribution in [0, 0.1) is 0 Å². The molecule has 1 saturated heterocycles. The summed E-state index contributed by atoms with van der Waals surface area (Å²) in [7, 11) is -3.47. The average Bonchev–Trinajstić information content (AvgIpc) is 3.23. The molecule has 1 aliphatic heterocycles. The SMILES string of the molecule is CC1CN(c2ccc(-n3cc(C(=O)Nc4cc(Cl)cc(S(C)(=O)=O)c4)cn3)nc2)CCO1. The summed E-state index contributed by atoms with van der Waals surface area (Å²) in [6.07, 6.45) is 5.98. The van der Waals surface area contributed by atoms with Crippen LogP contribution in [0.25, 0.3) is 5.82 Å². The molecular weight excluding hydrogens is 454 g/mol. The van der Waals surface area contributed by atoms with E-state index in [1.54, 1.807) is 12.4 Å². The minimum Gasteiger partial charge on any atom is -0.375 e. The van der Waals surface area contributed by atoms with Gasteiger partial charge in [-0.05, 0) is 37.3 Å². The quantitative estimate of drug-likeness (QED) is 0.604. The zero-order valence-corrected chi connectivity index (χ0v) is 19.1. The van der Waals surface area contributed by atoms with Crippen LogP contribution in [0.3, 0.4) is 0 Å². The molecule has 11 heteroatoms. The van der Waals surface area contributed by atoms with Crippen molar-refractivity contribution in [2.24, 2.45) is 0 Å². The van der Waals surface area contributed by atoms with Crippen LogP contribution in [0.1, 0.15) is 17.3 Å². The number of nitrogens with zero attached hydrogens (tertiary/aromatic N) is 4. The number of ether oxygens (including phenoxy) is 1. The summed E-state index contributed by atoms with van der Waals surface area (Å²) < 4.78 is 30.7. The highest BCUT2D eigenvalue weighted by Crippen LogP contribution is 2.23. The second kappa shape index (κ2) is 8.89. The lowest BCUT2D eigenvalue weighted by Crippen LogP contribution is -2.41. The predicted molar refractivity (Wildman–Crippen MR) is 122 cm³/mol. The maximum absolute atomic E-state index is 12.6. The van der Waals surface area contributed by atoms with Crippen LogP contribution in [0.4, 0.5) is 11.4 Å². The number of anilines is 2. The van der Waals surface area contributed by atoms with Gasteiger partial charge in [-0.1, -0.05) is 11.6 Å². The summed E-state index contributed by atoms with van der Waals surface area (Å²) in [6, 6.07) is 7.96. The Kier molecular flexibility index (Phi) is 6.18. The molecule has 3 aromatic rings. The van der Waals surface area contributed by atoms with Crippen molar-refractivity contribution in [2.75, 3.05) is 36.2 Å². The van der Waals surface area contributed by atoms with E-state index in [0.29, 0.717) is 18.0 Å². The molecule has 0 spiro atoms. The van der Waals surface area contributed by atoms with Gasteiger partial charge in [-0.25, -0.2) is 18.1 Å². The molecule has 1 fully saturated rings. The summed E-state index contributed by atoms with van der Waals surface area (Å²) in [5, 5.41) is 7.07. The first-order valence-corrected chi connectivity index (χ1v) is 12.2. The maximum Gasteiger partial charge on any atom is 0.258 e. The number of sulfone groups is 1. The number of halogens is 1. The smallest absolute Gasteiger partial charge is 0.258 e. The number of aromatic nitrogens is 3. The van der Waals surface area contributed by atoms with Gasteiger partial charge in [0.05, 0.1) is 41.3 Å². The number of carbonyl (C=O) groups excluding carboxylic acids is 1. The van der Waals surface area contributed by atoms with Crippen LogP contribution >= 0.6 is 11.6 Å². The summed E-state index contributed by atoms with van der Waals surface area (Å²) >= 11 is 6.00. The first-order valence-electron chi connectivity index (χ1n) is 9.89. The van der Waals surface area contributed by atoms with E-state index in [-0.39, 0.29) is 21.7 Å². The highest BCUT2D eigenvalue weighted by molar-refractivity contribution is 7.90. The van der Waals surface area contributed by atoms with Crippen molar-refractivity contribution in [3.05, 3.63) is 59.5 Å². The van der Waals surface area contributed by atoms with Crippen LogP contribution in [0.15, 0.2) is 53.8 Å². The number of nitrogens with one attached hydrogen (secondary N) is 1. The Labute approximate surface area is 190 Å². The Morgan fingerprint density at radius 1 is 1.25 bits per heavy atom. The lowest BCUT2D eigenvalue weighted by Gasteiger charge is -2.32. The molecule has 4 rings (SSSR count). The largest absolute Gasteiger partial charge is 0.375 e. The zero-order chi connectivity index (χ0) is 22.9. The number of rotatable bonds is 5. The molecule has 1 aliphatic rings. The van der Waals surface area contributed by atoms with Crippen LogP contribution in [0.2, 0.25) is 5.02 Å². The van der Waals surface area contributed by atoms with Gasteiger partial charge in [-0.2, -0.15) is 5.10 Å². The molecule has 32 heavy (non-hydrogen) atoms. The van der Waals surface area contributed by atoms with E-state index in [9.17, 15) is 13.2 Å². The van der Waals surface area contributed by atoms with E-state index in [1.807, 2.05) is 19.1 Å². The van der Waals surface area contributed by atoms with Crippen LogP contribution in [0.5, 0.6) is 0 Å². The molecule has 1 N–H and O–H groups in total. The molecule has 1 unspecified atom stereocenters. The second-order valence-corrected chi connectivity index (χ2v) is 10.0. The number of morpholine rings is 1. The van der Waals surface area contributed by atoms with Gasteiger partial charge >= 0.3 is 0 Å². The lowest BCUT2D eigenvalue weighted by atomic mass is 10.2. The first kappa shape index (κ1) is 22.3. The predicted octanol–water partition coefficient (Wildman–Crippen LogP) is 2.80. The molecule has 0 aliphatic carbocycles. The fraction of sp³-hybridized carbons (Fsp3) is 0.286. The maximum atomic E-state index is 12.6. The summed E-state index contributed by atoms with van der Waals surface area (Å²) in [5.41, 5.74) is 1.56. The minimum absolute atomic E-state index is 0.0231. The molecule has 3 heterocycles. The number of pyridine rings is 1. The van der Waals surface area contributed by atoms with E-state index < -0.39 is 15.7 Å². The Hall–Kier alpha value is -2.95. The minimum atomic E-state index is -3.47. The van der Waals surface area contributed by atoms with E-state index in [2.05, 4.69) is 20.3 Å². The van der Waals surface area contributed by atoms with Crippen molar-refractivity contribution in [3.63, 3.8) is 0 Å². The van der Waals surface area contributed by atoms with Crippen LogP contribution < -0.4 is 10.2 Å². The van der Waals surface area contributed by atoms with Crippen LogP contribution in [-0.4, -0.2) is 61.1 Å². The molecule has 168 valence electrons. The van der Waals surface area contributed by atoms with Gasteiger partial charge in [0, 0.05) is 36.3 Å². The van der Waals surface area contributed by atoms with Gasteiger partial charge < -0.3 is 15.0 Å². The fourth-order valence-corrected chi connectivity index (χ4v) is 4.35. The number of hydrogen-bond donors (Lipinski definition) is 1. The number of amides is 1. The highest BCUT2D eigenvalue weighted by atomic mass is 35.5. The molecule has 0 saturated carbocycles. The second-order valence-electron chi connectivity index (χ2n) is 7.58. The molecule has 1 atom stereocenters. The number of hydrogen-bond acceptors (Lipinski definition) is 7. The van der Waals surface area contributed by atoms with Gasteiger partial charge in [0.25, 0.3) is 5.91 Å². The number of carbonyl (C=O) groups is 1. The van der Waals surface area contributed by atoms with E-state index in [0.717, 1.165) is 25.0 Å². The molecule has 1 amide bonds. The molecular formula is C21H22ClN5O4S. The molecule has 0 bridgehead atoms. The fourth-order valence-electron chi connectivity index (χ4n) is 3.37. The third kappa shape index (κ3) is 5.09. The standard InChI is InChI=1S/C21H22ClN5O4S/c1-14-12-26(5-6-31-14)18-3-4-20(23-11-18)27-13-15(10-24-27)21(28)25-17-7-16(22)8-19(9-17)32(2,29)30/h3-4,7-11,13-14H,5-6,12H2,1-2H3,(H,25,28).